The monoisotopic (exact) mass is 357 g/mol. The molecule has 0 aromatic heterocycles. The summed E-state index contributed by atoms with van der Waals surface area (Å²) in [5.41, 5.74) is 1.09. The number of likely N-dealkylation sites (tertiary alicyclic amines) is 1. The van der Waals surface area contributed by atoms with Crippen molar-refractivity contribution in [1.29, 1.82) is 0 Å². The van der Waals surface area contributed by atoms with Crippen molar-refractivity contribution in [3.8, 4) is 0 Å². The molecule has 1 atom stereocenters. The van der Waals surface area contributed by atoms with Crippen molar-refractivity contribution in [1.82, 2.24) is 14.7 Å². The molecule has 2 aliphatic rings. The molecule has 142 valence electrons. The van der Waals surface area contributed by atoms with Gasteiger partial charge in [0.2, 0.25) is 11.8 Å². The highest BCUT2D eigenvalue weighted by Crippen LogP contribution is 2.23. The van der Waals surface area contributed by atoms with E-state index in [1.165, 1.54) is 0 Å². The topological polar surface area (TPSA) is 43.9 Å². The van der Waals surface area contributed by atoms with Gasteiger partial charge >= 0.3 is 0 Å². The van der Waals surface area contributed by atoms with Crippen LogP contribution in [0.2, 0.25) is 0 Å². The lowest BCUT2D eigenvalue weighted by atomic mass is 10.1. The van der Waals surface area contributed by atoms with Crippen molar-refractivity contribution in [2.24, 2.45) is 0 Å². The zero-order valence-corrected chi connectivity index (χ0v) is 16.1. The Kier molecular flexibility index (Phi) is 6.30. The van der Waals surface area contributed by atoms with E-state index in [4.69, 9.17) is 0 Å². The number of rotatable bonds is 4. The second-order valence-corrected chi connectivity index (χ2v) is 7.72. The quantitative estimate of drug-likeness (QED) is 0.832. The second-order valence-electron chi connectivity index (χ2n) is 7.72. The van der Waals surface area contributed by atoms with Crippen LogP contribution < -0.4 is 0 Å². The molecule has 0 radical (unpaired) electrons. The molecule has 0 spiro atoms. The summed E-state index contributed by atoms with van der Waals surface area (Å²) in [5.74, 6) is 0.255. The molecule has 1 unspecified atom stereocenters. The Morgan fingerprint density at radius 2 is 1.77 bits per heavy atom. The van der Waals surface area contributed by atoms with Gasteiger partial charge < -0.3 is 9.80 Å². The van der Waals surface area contributed by atoms with Gasteiger partial charge in [0.1, 0.15) is 6.04 Å². The van der Waals surface area contributed by atoms with E-state index in [0.29, 0.717) is 19.0 Å². The minimum Gasteiger partial charge on any atom is -0.338 e. The van der Waals surface area contributed by atoms with Crippen molar-refractivity contribution < 1.29 is 9.59 Å². The maximum atomic E-state index is 13.2. The molecule has 0 bridgehead atoms. The van der Waals surface area contributed by atoms with Gasteiger partial charge in [0, 0.05) is 45.2 Å². The average Bonchev–Trinajstić information content (AvgIpc) is 2.84. The van der Waals surface area contributed by atoms with Crippen LogP contribution in [0.1, 0.15) is 45.1 Å². The highest BCUT2D eigenvalue weighted by molar-refractivity contribution is 5.88. The van der Waals surface area contributed by atoms with E-state index in [9.17, 15) is 9.59 Å². The second kappa shape index (κ2) is 8.67. The normalized spacial score (nSPS) is 22.6. The third-order valence-electron chi connectivity index (χ3n) is 5.65. The molecule has 5 nitrogen and oxygen atoms in total. The van der Waals surface area contributed by atoms with Crippen LogP contribution in [0.25, 0.3) is 0 Å². The van der Waals surface area contributed by atoms with Gasteiger partial charge in [-0.2, -0.15) is 0 Å². The molecule has 26 heavy (non-hydrogen) atoms. The van der Waals surface area contributed by atoms with E-state index in [1.807, 2.05) is 40.1 Å². The lowest BCUT2D eigenvalue weighted by Gasteiger charge is -2.40. The molecule has 2 fully saturated rings. The van der Waals surface area contributed by atoms with Gasteiger partial charge in [-0.1, -0.05) is 36.8 Å². The molecule has 5 heteroatoms. The van der Waals surface area contributed by atoms with Gasteiger partial charge in [0.15, 0.2) is 0 Å². The average molecular weight is 357 g/mol. The number of nitrogens with zero attached hydrogens (tertiary/aromatic N) is 3. The van der Waals surface area contributed by atoms with E-state index in [-0.39, 0.29) is 17.9 Å². The Labute approximate surface area is 156 Å². The summed E-state index contributed by atoms with van der Waals surface area (Å²) in [7, 11) is 0. The van der Waals surface area contributed by atoms with Crippen LogP contribution in [0.3, 0.4) is 0 Å². The fourth-order valence-electron chi connectivity index (χ4n) is 3.99. The van der Waals surface area contributed by atoms with Gasteiger partial charge in [0.05, 0.1) is 0 Å². The van der Waals surface area contributed by atoms with E-state index >= 15 is 0 Å². The van der Waals surface area contributed by atoms with E-state index in [1.54, 1.807) is 0 Å². The van der Waals surface area contributed by atoms with Crippen LogP contribution in [-0.2, 0) is 16.1 Å². The Balaban J connectivity index is 1.72. The maximum absolute atomic E-state index is 13.2. The summed E-state index contributed by atoms with van der Waals surface area (Å²) in [6.07, 6.45) is 3.16. The van der Waals surface area contributed by atoms with Crippen molar-refractivity contribution in [2.75, 3.05) is 26.2 Å². The number of benzene rings is 1. The number of carbonyl (C=O) groups is 2. The lowest BCUT2D eigenvalue weighted by molar-refractivity contribution is -0.147. The third-order valence-corrected chi connectivity index (χ3v) is 5.65. The van der Waals surface area contributed by atoms with Crippen molar-refractivity contribution in [3.63, 3.8) is 0 Å². The molecular weight excluding hydrogens is 326 g/mol. The zero-order chi connectivity index (χ0) is 18.5. The molecule has 2 heterocycles. The molecule has 2 aliphatic heterocycles. The molecule has 2 amide bonds. The van der Waals surface area contributed by atoms with E-state index in [0.717, 1.165) is 51.0 Å². The van der Waals surface area contributed by atoms with Gasteiger partial charge in [0.25, 0.3) is 0 Å². The van der Waals surface area contributed by atoms with Gasteiger partial charge in [-0.3, -0.25) is 14.5 Å². The summed E-state index contributed by atoms with van der Waals surface area (Å²) in [6.45, 7) is 8.29. The van der Waals surface area contributed by atoms with Crippen LogP contribution in [0.15, 0.2) is 30.3 Å². The minimum atomic E-state index is -0.309. The first-order valence-corrected chi connectivity index (χ1v) is 9.92. The molecule has 0 saturated carbocycles. The molecule has 1 aromatic rings. The Morgan fingerprint density at radius 1 is 1.08 bits per heavy atom. The predicted molar refractivity (Wildman–Crippen MR) is 103 cm³/mol. The molecule has 0 N–H and O–H groups in total. The molecular formula is C21H31N3O2. The van der Waals surface area contributed by atoms with Crippen LogP contribution in [0, 0.1) is 0 Å². The molecule has 1 aromatic carbocycles. The van der Waals surface area contributed by atoms with Crippen molar-refractivity contribution in [3.05, 3.63) is 35.9 Å². The van der Waals surface area contributed by atoms with E-state index in [2.05, 4.69) is 18.7 Å². The molecule has 0 aliphatic carbocycles. The SMILES string of the molecule is CC(C)N1CCN(C(=O)C2CCCCC(=O)N2Cc2ccccc2)CC1. The third kappa shape index (κ3) is 4.44. The standard InChI is InChI=1S/C21H31N3O2/c1-17(2)22-12-14-23(15-13-22)21(26)19-10-6-7-11-20(25)24(19)16-18-8-4-3-5-9-18/h3-5,8-9,17,19H,6-7,10-16H2,1-2H3. The fraction of sp³-hybridized carbons (Fsp3) is 0.619. The minimum absolute atomic E-state index is 0.116. The predicted octanol–water partition coefficient (Wildman–Crippen LogP) is 2.51. The first-order chi connectivity index (χ1) is 12.6. The highest BCUT2D eigenvalue weighted by Gasteiger charge is 2.35. The number of hydrogen-bond donors (Lipinski definition) is 0. The first kappa shape index (κ1) is 18.9. The van der Waals surface area contributed by atoms with Crippen molar-refractivity contribution in [2.45, 2.75) is 58.2 Å². The first-order valence-electron chi connectivity index (χ1n) is 9.92. The summed E-state index contributed by atoms with van der Waals surface area (Å²) < 4.78 is 0. The van der Waals surface area contributed by atoms with Gasteiger partial charge in [-0.15, -0.1) is 0 Å². The summed E-state index contributed by atoms with van der Waals surface area (Å²) in [4.78, 5) is 32.2. The van der Waals surface area contributed by atoms with Crippen LogP contribution in [0.5, 0.6) is 0 Å². The lowest BCUT2D eigenvalue weighted by Crippen LogP contribution is -2.56. The van der Waals surface area contributed by atoms with E-state index < -0.39 is 0 Å². The maximum Gasteiger partial charge on any atom is 0.245 e. The number of amides is 2. The number of carbonyl (C=O) groups excluding carboxylic acids is 2. The molecule has 3 rings (SSSR count). The van der Waals surface area contributed by atoms with Crippen molar-refractivity contribution >= 4 is 11.8 Å². The highest BCUT2D eigenvalue weighted by atomic mass is 16.2. The zero-order valence-electron chi connectivity index (χ0n) is 16.1. The Bertz CT molecular complexity index is 609. The largest absolute Gasteiger partial charge is 0.338 e. The summed E-state index contributed by atoms with van der Waals surface area (Å²) in [6, 6.07) is 10.2. The van der Waals surface area contributed by atoms with Crippen LogP contribution in [0.4, 0.5) is 0 Å². The van der Waals surface area contributed by atoms with Gasteiger partial charge in [-0.05, 0) is 32.3 Å². The summed E-state index contributed by atoms with van der Waals surface area (Å²) in [5, 5.41) is 0. The molecule has 2 saturated heterocycles. The number of piperazine rings is 1. The smallest absolute Gasteiger partial charge is 0.245 e. The van der Waals surface area contributed by atoms with Crippen LogP contribution in [-0.4, -0.2) is 64.8 Å². The fourth-order valence-corrected chi connectivity index (χ4v) is 3.99. The number of hydrogen-bond acceptors (Lipinski definition) is 3. The Morgan fingerprint density at radius 3 is 2.42 bits per heavy atom. The van der Waals surface area contributed by atoms with Crippen LogP contribution >= 0.6 is 0 Å². The van der Waals surface area contributed by atoms with Gasteiger partial charge in [-0.25, -0.2) is 0 Å². The summed E-state index contributed by atoms with van der Waals surface area (Å²) >= 11 is 0. The Hall–Kier alpha value is -1.88.